The summed E-state index contributed by atoms with van der Waals surface area (Å²) in [6.45, 7) is 2.14. The molecule has 1 amide bonds. The van der Waals surface area contributed by atoms with Gasteiger partial charge in [0.2, 0.25) is 5.91 Å². The number of fused-ring (bicyclic) bond motifs is 1. The van der Waals surface area contributed by atoms with Gasteiger partial charge in [-0.15, -0.1) is 0 Å². The summed E-state index contributed by atoms with van der Waals surface area (Å²) in [7, 11) is 1.64. The predicted octanol–water partition coefficient (Wildman–Crippen LogP) is 3.93. The van der Waals surface area contributed by atoms with E-state index < -0.39 is 0 Å². The number of aryl methyl sites for hydroxylation is 1. The average Bonchev–Trinajstić information content (AvgIpc) is 2.72. The molecule has 0 bridgehead atoms. The number of hydrogen-bond donors (Lipinski definition) is 0. The van der Waals surface area contributed by atoms with Gasteiger partial charge in [-0.05, 0) is 42.8 Å². The Morgan fingerprint density at radius 1 is 1.31 bits per heavy atom. The maximum atomic E-state index is 12.9. The number of nitrogens with zero attached hydrogens (tertiary/aromatic N) is 4. The third-order valence-corrected chi connectivity index (χ3v) is 5.91. The first-order chi connectivity index (χ1) is 13.9. The van der Waals surface area contributed by atoms with Gasteiger partial charge in [-0.2, -0.15) is 5.26 Å². The number of carbonyl (C=O) groups excluding carboxylic acids is 1. The minimum atomic E-state index is -0.172. The lowest BCUT2D eigenvalue weighted by Gasteiger charge is -2.22. The lowest BCUT2D eigenvalue weighted by molar-refractivity contribution is -0.116. The van der Waals surface area contributed by atoms with Gasteiger partial charge in [0.25, 0.3) is 5.56 Å². The fourth-order valence-corrected chi connectivity index (χ4v) is 3.85. The monoisotopic (exact) mass is 426 g/mol. The van der Waals surface area contributed by atoms with Crippen LogP contribution in [-0.4, -0.2) is 27.8 Å². The maximum Gasteiger partial charge on any atom is 0.261 e. The summed E-state index contributed by atoms with van der Waals surface area (Å²) in [4.78, 5) is 31.5. The summed E-state index contributed by atoms with van der Waals surface area (Å²) in [5, 5.41) is 10.6. The summed E-state index contributed by atoms with van der Waals surface area (Å²) >= 11 is 7.29. The van der Waals surface area contributed by atoms with Crippen LogP contribution in [0.4, 0.5) is 5.69 Å². The molecule has 1 heterocycles. The Hall–Kier alpha value is -2.82. The number of nitriles is 1. The van der Waals surface area contributed by atoms with Crippen LogP contribution < -0.4 is 10.5 Å². The fraction of sp³-hybridized carbons (Fsp3) is 0.238. The van der Waals surface area contributed by atoms with E-state index in [1.165, 1.54) is 16.3 Å². The Bertz CT molecular complexity index is 1170. The van der Waals surface area contributed by atoms with Gasteiger partial charge in [-0.1, -0.05) is 35.5 Å². The van der Waals surface area contributed by atoms with Crippen LogP contribution in [0.5, 0.6) is 0 Å². The van der Waals surface area contributed by atoms with E-state index in [0.29, 0.717) is 26.8 Å². The molecule has 0 unspecified atom stereocenters. The van der Waals surface area contributed by atoms with Crippen LogP contribution in [0.15, 0.2) is 52.4 Å². The van der Waals surface area contributed by atoms with E-state index >= 15 is 0 Å². The Balaban J connectivity index is 1.84. The number of rotatable bonds is 6. The third kappa shape index (κ3) is 4.61. The molecule has 148 valence electrons. The number of carbonyl (C=O) groups is 1. The molecule has 29 heavy (non-hydrogen) atoms. The zero-order valence-corrected chi connectivity index (χ0v) is 17.6. The second-order valence-electron chi connectivity index (χ2n) is 6.45. The van der Waals surface area contributed by atoms with E-state index in [4.69, 9.17) is 16.9 Å². The van der Waals surface area contributed by atoms with Crippen molar-refractivity contribution in [3.05, 3.63) is 63.4 Å². The highest BCUT2D eigenvalue weighted by molar-refractivity contribution is 7.99. The smallest absolute Gasteiger partial charge is 0.261 e. The Kier molecular flexibility index (Phi) is 6.57. The van der Waals surface area contributed by atoms with Crippen molar-refractivity contribution >= 4 is 45.9 Å². The molecular weight excluding hydrogens is 408 g/mol. The van der Waals surface area contributed by atoms with Gasteiger partial charge in [0, 0.05) is 24.3 Å². The minimum absolute atomic E-state index is 0.0890. The molecule has 0 atom stereocenters. The first-order valence-electron chi connectivity index (χ1n) is 8.94. The summed E-state index contributed by atoms with van der Waals surface area (Å²) in [5.74, 6) is -0.0829. The molecule has 0 saturated carbocycles. The van der Waals surface area contributed by atoms with E-state index in [1.807, 2.05) is 19.1 Å². The van der Waals surface area contributed by atoms with E-state index in [1.54, 1.807) is 42.3 Å². The van der Waals surface area contributed by atoms with Crippen LogP contribution in [-0.2, 0) is 11.8 Å². The summed E-state index contributed by atoms with van der Waals surface area (Å²) < 4.78 is 1.45. The number of aromatic nitrogens is 2. The molecular formula is C21H19ClN4O2S. The molecule has 6 nitrogen and oxygen atoms in total. The molecule has 0 aliphatic rings. The van der Waals surface area contributed by atoms with Crippen molar-refractivity contribution in [1.82, 2.24) is 9.55 Å². The van der Waals surface area contributed by atoms with Gasteiger partial charge in [-0.25, -0.2) is 4.98 Å². The standard InChI is InChI=1S/C21H19ClN4O2S/c1-14-12-15(8-9-17(14)22)26(11-5-10-23)19(27)13-29-21-24-18-7-4-3-6-16(18)20(28)25(21)2/h3-4,6-9,12H,5,11,13H2,1-2H3. The lowest BCUT2D eigenvalue weighted by Crippen LogP contribution is -2.33. The van der Waals surface area contributed by atoms with Crippen LogP contribution in [0.2, 0.25) is 5.02 Å². The predicted molar refractivity (Wildman–Crippen MR) is 116 cm³/mol. The zero-order valence-electron chi connectivity index (χ0n) is 16.1. The van der Waals surface area contributed by atoms with Gasteiger partial charge >= 0.3 is 0 Å². The fourth-order valence-electron chi connectivity index (χ4n) is 2.89. The highest BCUT2D eigenvalue weighted by Gasteiger charge is 2.18. The van der Waals surface area contributed by atoms with Crippen molar-refractivity contribution in [2.45, 2.75) is 18.5 Å². The van der Waals surface area contributed by atoms with Gasteiger partial charge in [0.05, 0.1) is 29.1 Å². The van der Waals surface area contributed by atoms with Crippen molar-refractivity contribution in [1.29, 1.82) is 5.26 Å². The first-order valence-corrected chi connectivity index (χ1v) is 10.3. The van der Waals surface area contributed by atoms with Gasteiger partial charge in [0.15, 0.2) is 5.16 Å². The average molecular weight is 427 g/mol. The molecule has 0 spiro atoms. The van der Waals surface area contributed by atoms with E-state index in [0.717, 1.165) is 5.56 Å². The molecule has 0 aliphatic carbocycles. The Morgan fingerprint density at radius 2 is 2.07 bits per heavy atom. The van der Waals surface area contributed by atoms with E-state index in [9.17, 15) is 9.59 Å². The van der Waals surface area contributed by atoms with Gasteiger partial charge < -0.3 is 4.90 Å². The maximum absolute atomic E-state index is 12.9. The summed E-state index contributed by atoms with van der Waals surface area (Å²) in [6, 6.07) is 14.5. The van der Waals surface area contributed by atoms with E-state index in [-0.39, 0.29) is 30.2 Å². The molecule has 0 N–H and O–H groups in total. The second-order valence-corrected chi connectivity index (χ2v) is 7.80. The van der Waals surface area contributed by atoms with Crippen molar-refractivity contribution in [3.8, 4) is 6.07 Å². The molecule has 0 saturated heterocycles. The van der Waals surface area contributed by atoms with E-state index in [2.05, 4.69) is 11.1 Å². The first kappa shape index (κ1) is 20.9. The minimum Gasteiger partial charge on any atom is -0.311 e. The highest BCUT2D eigenvalue weighted by atomic mass is 35.5. The molecule has 0 fully saturated rings. The number of benzene rings is 2. The van der Waals surface area contributed by atoms with Gasteiger partial charge in [-0.3, -0.25) is 14.2 Å². The summed E-state index contributed by atoms with van der Waals surface area (Å²) in [6.07, 6.45) is 0.213. The Labute approximate surface area is 177 Å². The van der Waals surface area contributed by atoms with Crippen LogP contribution in [0.3, 0.4) is 0 Å². The zero-order chi connectivity index (χ0) is 21.0. The molecule has 1 aromatic heterocycles. The molecule has 0 aliphatic heterocycles. The van der Waals surface area contributed by atoms with Crippen LogP contribution >= 0.6 is 23.4 Å². The van der Waals surface area contributed by atoms with Crippen molar-refractivity contribution in [2.24, 2.45) is 7.05 Å². The quantitative estimate of drug-likeness (QED) is 0.440. The van der Waals surface area contributed by atoms with Crippen molar-refractivity contribution < 1.29 is 4.79 Å². The number of thioether (sulfide) groups is 1. The van der Waals surface area contributed by atoms with Crippen molar-refractivity contribution in [2.75, 3.05) is 17.2 Å². The molecule has 0 radical (unpaired) electrons. The molecule has 3 aromatic rings. The van der Waals surface area contributed by atoms with Crippen LogP contribution in [0.25, 0.3) is 10.9 Å². The normalized spacial score (nSPS) is 10.7. The van der Waals surface area contributed by atoms with Crippen LogP contribution in [0, 0.1) is 18.3 Å². The Morgan fingerprint density at radius 3 is 2.79 bits per heavy atom. The number of para-hydroxylation sites is 1. The highest BCUT2D eigenvalue weighted by Crippen LogP contribution is 2.24. The topological polar surface area (TPSA) is 79.0 Å². The largest absolute Gasteiger partial charge is 0.311 e. The molecule has 3 rings (SSSR count). The van der Waals surface area contributed by atoms with Crippen LogP contribution in [0.1, 0.15) is 12.0 Å². The number of amides is 1. The lowest BCUT2D eigenvalue weighted by atomic mass is 10.2. The third-order valence-electron chi connectivity index (χ3n) is 4.47. The number of hydrogen-bond acceptors (Lipinski definition) is 5. The summed E-state index contributed by atoms with van der Waals surface area (Å²) in [5.41, 5.74) is 1.98. The molecule has 2 aromatic carbocycles. The number of anilines is 1. The van der Waals surface area contributed by atoms with Crippen molar-refractivity contribution in [3.63, 3.8) is 0 Å². The second kappa shape index (κ2) is 9.12. The SMILES string of the molecule is Cc1cc(N(CCC#N)C(=O)CSc2nc3ccccc3c(=O)n2C)ccc1Cl. The molecule has 8 heteroatoms. The van der Waals surface area contributed by atoms with Gasteiger partial charge in [0.1, 0.15) is 0 Å². The number of halogens is 1.